The lowest BCUT2D eigenvalue weighted by Gasteiger charge is -2.18. The average molecular weight is 369 g/mol. The number of carbonyl (C=O) groups excluding carboxylic acids is 1. The molecule has 0 fully saturated rings. The van der Waals surface area contributed by atoms with E-state index in [-0.39, 0.29) is 11.4 Å². The van der Waals surface area contributed by atoms with Crippen molar-refractivity contribution in [2.75, 3.05) is 18.9 Å². The second-order valence-electron chi connectivity index (χ2n) is 6.03. The molecule has 3 rings (SSSR count). The summed E-state index contributed by atoms with van der Waals surface area (Å²) in [6, 6.07) is 14.0. The number of aryl methyl sites for hydroxylation is 1. The Balaban J connectivity index is 1.80. The number of hydrogen-bond acceptors (Lipinski definition) is 4. The highest BCUT2D eigenvalue weighted by Gasteiger charge is 2.24. The smallest absolute Gasteiger partial charge is 0.243 e. The van der Waals surface area contributed by atoms with Gasteiger partial charge < -0.3 is 5.32 Å². The van der Waals surface area contributed by atoms with Crippen LogP contribution in [0.3, 0.4) is 0 Å². The third-order valence-electron chi connectivity index (χ3n) is 4.03. The van der Waals surface area contributed by atoms with Gasteiger partial charge in [0.15, 0.2) is 0 Å². The van der Waals surface area contributed by atoms with Crippen LogP contribution >= 0.6 is 0 Å². The van der Waals surface area contributed by atoms with E-state index in [4.69, 9.17) is 0 Å². The van der Waals surface area contributed by atoms with Crippen LogP contribution in [0.1, 0.15) is 5.56 Å². The van der Waals surface area contributed by atoms with Crippen LogP contribution in [0.25, 0.3) is 10.8 Å². The molecule has 1 N–H and O–H groups in total. The molecule has 0 saturated carbocycles. The number of benzene rings is 2. The standard InChI is InChI=1S/C19H19N3O3S/c1-14-6-8-16(9-7-14)21-19(23)13-22(2)26(24,25)18-5-3-4-15-12-20-11-10-17(15)18/h3-12H,13H2,1-2H3,(H,21,23). The number of likely N-dealkylation sites (N-methyl/N-ethyl adjacent to an activating group) is 1. The number of amides is 1. The summed E-state index contributed by atoms with van der Waals surface area (Å²) in [6.45, 7) is 1.67. The van der Waals surface area contributed by atoms with Crippen molar-refractivity contribution in [3.8, 4) is 0 Å². The molecule has 0 aliphatic rings. The fraction of sp³-hybridized carbons (Fsp3) is 0.158. The Labute approximate surface area is 152 Å². The van der Waals surface area contributed by atoms with Crippen molar-refractivity contribution in [2.45, 2.75) is 11.8 Å². The lowest BCUT2D eigenvalue weighted by atomic mass is 10.2. The Kier molecular flexibility index (Phi) is 5.01. The van der Waals surface area contributed by atoms with Crippen LogP contribution in [0.4, 0.5) is 5.69 Å². The zero-order valence-corrected chi connectivity index (χ0v) is 15.3. The van der Waals surface area contributed by atoms with Crippen LogP contribution in [0.15, 0.2) is 65.8 Å². The number of nitrogens with zero attached hydrogens (tertiary/aromatic N) is 2. The summed E-state index contributed by atoms with van der Waals surface area (Å²) < 4.78 is 26.9. The van der Waals surface area contributed by atoms with Gasteiger partial charge in [-0.25, -0.2) is 8.42 Å². The van der Waals surface area contributed by atoms with Gasteiger partial charge in [-0.1, -0.05) is 29.8 Å². The molecule has 0 spiro atoms. The predicted octanol–water partition coefficient (Wildman–Crippen LogP) is 2.80. The van der Waals surface area contributed by atoms with E-state index >= 15 is 0 Å². The summed E-state index contributed by atoms with van der Waals surface area (Å²) in [5.74, 6) is -0.401. The lowest BCUT2D eigenvalue weighted by Crippen LogP contribution is -2.35. The van der Waals surface area contributed by atoms with Crippen LogP contribution in [0.2, 0.25) is 0 Å². The summed E-state index contributed by atoms with van der Waals surface area (Å²) in [5, 5.41) is 4.01. The van der Waals surface area contributed by atoms with Crippen LogP contribution in [0.5, 0.6) is 0 Å². The van der Waals surface area contributed by atoms with E-state index < -0.39 is 15.9 Å². The van der Waals surface area contributed by atoms with Crippen molar-refractivity contribution in [3.05, 3.63) is 66.5 Å². The maximum Gasteiger partial charge on any atom is 0.243 e. The van der Waals surface area contributed by atoms with Gasteiger partial charge in [0.2, 0.25) is 15.9 Å². The lowest BCUT2D eigenvalue weighted by molar-refractivity contribution is -0.116. The minimum Gasteiger partial charge on any atom is -0.325 e. The highest BCUT2D eigenvalue weighted by molar-refractivity contribution is 7.89. The molecule has 134 valence electrons. The van der Waals surface area contributed by atoms with Crippen LogP contribution in [-0.4, -0.2) is 37.2 Å². The van der Waals surface area contributed by atoms with E-state index in [1.807, 2.05) is 19.1 Å². The zero-order valence-electron chi connectivity index (χ0n) is 14.5. The number of hydrogen-bond donors (Lipinski definition) is 1. The van der Waals surface area contributed by atoms with Gasteiger partial charge in [-0.15, -0.1) is 0 Å². The van der Waals surface area contributed by atoms with E-state index in [1.54, 1.807) is 42.7 Å². The summed E-state index contributed by atoms with van der Waals surface area (Å²) in [6.07, 6.45) is 3.16. The quantitative estimate of drug-likeness (QED) is 0.750. The molecular formula is C19H19N3O3S. The topological polar surface area (TPSA) is 79.4 Å². The van der Waals surface area contributed by atoms with Crippen molar-refractivity contribution in [1.29, 1.82) is 0 Å². The van der Waals surface area contributed by atoms with E-state index in [2.05, 4.69) is 10.3 Å². The van der Waals surface area contributed by atoms with E-state index in [9.17, 15) is 13.2 Å². The first-order valence-electron chi connectivity index (χ1n) is 8.03. The molecule has 3 aromatic rings. The number of rotatable bonds is 5. The molecule has 0 radical (unpaired) electrons. The van der Waals surface area contributed by atoms with Gasteiger partial charge >= 0.3 is 0 Å². The Morgan fingerprint density at radius 1 is 1.12 bits per heavy atom. The van der Waals surface area contributed by atoms with Gasteiger partial charge in [0.05, 0.1) is 11.4 Å². The van der Waals surface area contributed by atoms with Gasteiger partial charge in [-0.05, 0) is 31.2 Å². The number of fused-ring (bicyclic) bond motifs is 1. The first-order chi connectivity index (χ1) is 12.4. The Morgan fingerprint density at radius 2 is 1.85 bits per heavy atom. The zero-order chi connectivity index (χ0) is 18.7. The second-order valence-corrected chi connectivity index (χ2v) is 8.04. The molecular weight excluding hydrogens is 350 g/mol. The number of pyridine rings is 1. The summed E-state index contributed by atoms with van der Waals surface area (Å²) in [5.41, 5.74) is 1.70. The highest BCUT2D eigenvalue weighted by atomic mass is 32.2. The van der Waals surface area contributed by atoms with Crippen molar-refractivity contribution in [1.82, 2.24) is 9.29 Å². The predicted molar refractivity (Wildman–Crippen MR) is 101 cm³/mol. The van der Waals surface area contributed by atoms with Gasteiger partial charge in [0.1, 0.15) is 0 Å². The third kappa shape index (κ3) is 3.74. The molecule has 0 aliphatic heterocycles. The molecule has 0 atom stereocenters. The highest BCUT2D eigenvalue weighted by Crippen LogP contribution is 2.24. The van der Waals surface area contributed by atoms with Gasteiger partial charge in [-0.2, -0.15) is 4.31 Å². The molecule has 1 heterocycles. The molecule has 26 heavy (non-hydrogen) atoms. The molecule has 0 saturated heterocycles. The molecule has 0 aliphatic carbocycles. The molecule has 7 heteroatoms. The monoisotopic (exact) mass is 369 g/mol. The van der Waals surface area contributed by atoms with Gasteiger partial charge in [-0.3, -0.25) is 9.78 Å². The Morgan fingerprint density at radius 3 is 2.58 bits per heavy atom. The van der Waals surface area contributed by atoms with E-state index in [0.717, 1.165) is 15.3 Å². The van der Waals surface area contributed by atoms with Gasteiger partial charge in [0.25, 0.3) is 0 Å². The number of anilines is 1. The Hall–Kier alpha value is -2.77. The molecule has 0 bridgehead atoms. The Bertz CT molecular complexity index is 1040. The average Bonchev–Trinajstić information content (AvgIpc) is 2.63. The molecule has 2 aromatic carbocycles. The number of nitrogens with one attached hydrogen (secondary N) is 1. The fourth-order valence-electron chi connectivity index (χ4n) is 2.61. The largest absolute Gasteiger partial charge is 0.325 e. The SMILES string of the molecule is Cc1ccc(NC(=O)CN(C)S(=O)(=O)c2cccc3cnccc23)cc1. The molecule has 6 nitrogen and oxygen atoms in total. The van der Waals surface area contributed by atoms with Crippen LogP contribution in [0, 0.1) is 6.92 Å². The first kappa shape index (κ1) is 18.0. The van der Waals surface area contributed by atoms with Crippen molar-refractivity contribution in [2.24, 2.45) is 0 Å². The van der Waals surface area contributed by atoms with Crippen molar-refractivity contribution >= 4 is 32.4 Å². The second kappa shape index (κ2) is 7.23. The summed E-state index contributed by atoms with van der Waals surface area (Å²) in [4.78, 5) is 16.4. The number of carbonyl (C=O) groups is 1. The normalized spacial score (nSPS) is 11.7. The number of aromatic nitrogens is 1. The van der Waals surface area contributed by atoms with Gasteiger partial charge in [0, 0.05) is 35.9 Å². The van der Waals surface area contributed by atoms with E-state index in [0.29, 0.717) is 11.1 Å². The fourth-order valence-corrected chi connectivity index (χ4v) is 3.95. The minimum absolute atomic E-state index is 0.156. The number of sulfonamides is 1. The molecule has 1 amide bonds. The molecule has 0 unspecified atom stereocenters. The van der Waals surface area contributed by atoms with Crippen molar-refractivity contribution < 1.29 is 13.2 Å². The molecule has 1 aromatic heterocycles. The maximum absolute atomic E-state index is 12.9. The minimum atomic E-state index is -3.81. The summed E-state index contributed by atoms with van der Waals surface area (Å²) >= 11 is 0. The summed E-state index contributed by atoms with van der Waals surface area (Å²) in [7, 11) is -2.42. The van der Waals surface area contributed by atoms with Crippen molar-refractivity contribution in [3.63, 3.8) is 0 Å². The van der Waals surface area contributed by atoms with Crippen LogP contribution in [-0.2, 0) is 14.8 Å². The first-order valence-corrected chi connectivity index (χ1v) is 9.47. The van der Waals surface area contributed by atoms with E-state index in [1.165, 1.54) is 13.1 Å². The maximum atomic E-state index is 12.9. The third-order valence-corrected chi connectivity index (χ3v) is 5.89. The van der Waals surface area contributed by atoms with Crippen LogP contribution < -0.4 is 5.32 Å².